The third-order valence-corrected chi connectivity index (χ3v) is 6.60. The van der Waals surface area contributed by atoms with Crippen molar-refractivity contribution in [3.63, 3.8) is 0 Å². The third kappa shape index (κ3) is 8.32. The first-order valence-corrected chi connectivity index (χ1v) is 13.9. The highest BCUT2D eigenvalue weighted by Crippen LogP contribution is 2.20. The summed E-state index contributed by atoms with van der Waals surface area (Å²) < 4.78 is 11.7. The fraction of sp³-hybridized carbons (Fsp3) is 0.111. The second-order valence-electron chi connectivity index (χ2n) is 9.71. The first kappa shape index (κ1) is 28.2. The third-order valence-electron chi connectivity index (χ3n) is 6.60. The molecule has 6 heteroatoms. The van der Waals surface area contributed by atoms with E-state index in [1.54, 1.807) is 60.7 Å². The van der Waals surface area contributed by atoms with Gasteiger partial charge in [-0.15, -0.1) is 0 Å². The van der Waals surface area contributed by atoms with Crippen molar-refractivity contribution in [1.29, 1.82) is 0 Å². The van der Waals surface area contributed by atoms with Gasteiger partial charge in [-0.25, -0.2) is 0 Å². The molecule has 0 aliphatic heterocycles. The van der Waals surface area contributed by atoms with Gasteiger partial charge in [0.1, 0.15) is 11.5 Å². The molecule has 0 saturated carbocycles. The maximum Gasteiger partial charge on any atom is 0.255 e. The molecular formula is C36H32N2O4. The van der Waals surface area contributed by atoms with Crippen molar-refractivity contribution in [3.8, 4) is 11.5 Å². The van der Waals surface area contributed by atoms with Crippen LogP contribution in [-0.4, -0.2) is 25.0 Å². The predicted octanol–water partition coefficient (Wildman–Crippen LogP) is 7.43. The molecule has 0 fully saturated rings. The van der Waals surface area contributed by atoms with E-state index < -0.39 is 0 Å². The van der Waals surface area contributed by atoms with E-state index in [0.29, 0.717) is 47.2 Å². The molecule has 0 saturated heterocycles. The van der Waals surface area contributed by atoms with Crippen LogP contribution in [0.3, 0.4) is 0 Å². The zero-order valence-electron chi connectivity index (χ0n) is 23.2. The van der Waals surface area contributed by atoms with Gasteiger partial charge in [-0.2, -0.15) is 0 Å². The van der Waals surface area contributed by atoms with E-state index >= 15 is 0 Å². The van der Waals surface area contributed by atoms with Crippen LogP contribution in [0.4, 0.5) is 11.4 Å². The summed E-state index contributed by atoms with van der Waals surface area (Å²) in [4.78, 5) is 25.7. The Morgan fingerprint density at radius 2 is 0.881 bits per heavy atom. The van der Waals surface area contributed by atoms with Crippen LogP contribution in [0.15, 0.2) is 133 Å². The molecule has 5 aromatic rings. The second kappa shape index (κ2) is 14.3. The van der Waals surface area contributed by atoms with E-state index in [0.717, 1.165) is 12.8 Å². The van der Waals surface area contributed by atoms with Crippen LogP contribution in [0.5, 0.6) is 11.5 Å². The normalized spacial score (nSPS) is 10.5. The molecule has 0 unspecified atom stereocenters. The molecule has 0 spiro atoms. The van der Waals surface area contributed by atoms with Gasteiger partial charge in [0.25, 0.3) is 11.8 Å². The maximum atomic E-state index is 12.8. The maximum absolute atomic E-state index is 12.8. The number of benzene rings is 5. The lowest BCUT2D eigenvalue weighted by Crippen LogP contribution is -2.13. The van der Waals surface area contributed by atoms with Crippen molar-refractivity contribution in [3.05, 3.63) is 156 Å². The number of amides is 2. The van der Waals surface area contributed by atoms with Gasteiger partial charge < -0.3 is 20.1 Å². The Labute approximate surface area is 245 Å². The Hall–Kier alpha value is -5.36. The number of rotatable bonds is 12. The lowest BCUT2D eigenvalue weighted by molar-refractivity contribution is 0.101. The van der Waals surface area contributed by atoms with E-state index in [1.165, 1.54) is 11.1 Å². The lowest BCUT2D eigenvalue weighted by Gasteiger charge is -2.11. The predicted molar refractivity (Wildman–Crippen MR) is 167 cm³/mol. The van der Waals surface area contributed by atoms with Crippen molar-refractivity contribution < 1.29 is 19.1 Å². The minimum absolute atomic E-state index is 0.246. The van der Waals surface area contributed by atoms with Crippen molar-refractivity contribution in [2.24, 2.45) is 0 Å². The van der Waals surface area contributed by atoms with Crippen LogP contribution in [0, 0.1) is 0 Å². The van der Waals surface area contributed by atoms with E-state index in [2.05, 4.69) is 34.9 Å². The highest BCUT2D eigenvalue weighted by atomic mass is 16.5. The molecule has 42 heavy (non-hydrogen) atoms. The number of ether oxygens (including phenoxy) is 2. The number of nitrogens with one attached hydrogen (secondary N) is 2. The van der Waals surface area contributed by atoms with Gasteiger partial charge in [0.15, 0.2) is 0 Å². The van der Waals surface area contributed by atoms with Crippen molar-refractivity contribution in [2.75, 3.05) is 23.8 Å². The van der Waals surface area contributed by atoms with Gasteiger partial charge in [0.05, 0.1) is 13.2 Å². The molecule has 6 nitrogen and oxygen atoms in total. The summed E-state index contributed by atoms with van der Waals surface area (Å²) in [6.07, 6.45) is 1.57. The fourth-order valence-electron chi connectivity index (χ4n) is 4.36. The highest BCUT2D eigenvalue weighted by Gasteiger charge is 2.10. The number of anilines is 2. The summed E-state index contributed by atoms with van der Waals surface area (Å²) >= 11 is 0. The Bertz CT molecular complexity index is 1480. The summed E-state index contributed by atoms with van der Waals surface area (Å²) in [7, 11) is 0. The zero-order valence-corrected chi connectivity index (χ0v) is 23.2. The first-order chi connectivity index (χ1) is 20.6. The van der Waals surface area contributed by atoms with Gasteiger partial charge >= 0.3 is 0 Å². The van der Waals surface area contributed by atoms with Gasteiger partial charge in [-0.3, -0.25) is 9.59 Å². The van der Waals surface area contributed by atoms with Crippen LogP contribution in [-0.2, 0) is 12.8 Å². The van der Waals surface area contributed by atoms with Gasteiger partial charge in [0, 0.05) is 35.3 Å². The van der Waals surface area contributed by atoms with E-state index in [-0.39, 0.29) is 11.8 Å². The smallest absolute Gasteiger partial charge is 0.255 e. The quantitative estimate of drug-likeness (QED) is 0.168. The van der Waals surface area contributed by atoms with Crippen LogP contribution in [0.1, 0.15) is 31.8 Å². The van der Waals surface area contributed by atoms with E-state index in [9.17, 15) is 9.59 Å². The molecule has 0 aliphatic rings. The monoisotopic (exact) mass is 556 g/mol. The molecule has 0 aliphatic carbocycles. The topological polar surface area (TPSA) is 76.7 Å². The van der Waals surface area contributed by atoms with E-state index in [4.69, 9.17) is 9.47 Å². The summed E-state index contributed by atoms with van der Waals surface area (Å²) in [5.74, 6) is 0.790. The number of hydrogen-bond acceptors (Lipinski definition) is 4. The van der Waals surface area contributed by atoms with Crippen LogP contribution >= 0.6 is 0 Å². The summed E-state index contributed by atoms with van der Waals surface area (Å²) in [5, 5.41) is 5.79. The number of carbonyl (C=O) groups excluding carboxylic acids is 2. The average Bonchev–Trinajstić information content (AvgIpc) is 3.03. The summed E-state index contributed by atoms with van der Waals surface area (Å²) in [6.45, 7) is 1.04. The summed E-state index contributed by atoms with van der Waals surface area (Å²) in [6, 6.07) is 41.4. The minimum Gasteiger partial charge on any atom is -0.493 e. The van der Waals surface area contributed by atoms with Crippen LogP contribution in [0.25, 0.3) is 0 Å². The Morgan fingerprint density at radius 1 is 0.476 bits per heavy atom. The fourth-order valence-corrected chi connectivity index (χ4v) is 4.36. The van der Waals surface area contributed by atoms with Crippen LogP contribution in [0.2, 0.25) is 0 Å². The van der Waals surface area contributed by atoms with Crippen molar-refractivity contribution >= 4 is 23.2 Å². The molecule has 0 radical (unpaired) electrons. The Balaban J connectivity index is 1.10. The summed E-state index contributed by atoms with van der Waals surface area (Å²) in [5.41, 5.74) is 4.61. The molecule has 2 amide bonds. The highest BCUT2D eigenvalue weighted by molar-refractivity contribution is 6.06. The molecule has 2 N–H and O–H groups in total. The largest absolute Gasteiger partial charge is 0.493 e. The van der Waals surface area contributed by atoms with Crippen molar-refractivity contribution in [2.45, 2.75) is 12.8 Å². The van der Waals surface area contributed by atoms with Crippen molar-refractivity contribution in [1.82, 2.24) is 0 Å². The number of carbonyl (C=O) groups is 2. The molecule has 0 heterocycles. The molecule has 210 valence electrons. The van der Waals surface area contributed by atoms with Gasteiger partial charge in [-0.05, 0) is 71.8 Å². The Morgan fingerprint density at radius 3 is 1.29 bits per heavy atom. The SMILES string of the molecule is O=C(Nc1ccc(NC(=O)c2cccc(OCCc3ccccc3)c2)cc1)c1cccc(OCCc2ccccc2)c1. The van der Waals surface area contributed by atoms with E-state index in [1.807, 2.05) is 48.5 Å². The lowest BCUT2D eigenvalue weighted by atomic mass is 10.1. The number of hydrogen-bond donors (Lipinski definition) is 2. The molecular weight excluding hydrogens is 524 g/mol. The standard InChI is InChI=1S/C36H32N2O4/c39-35(29-13-7-15-33(25-29)41-23-21-27-9-3-1-4-10-27)37-31-17-19-32(20-18-31)38-36(40)30-14-8-16-34(26-30)42-24-22-28-11-5-2-6-12-28/h1-20,25-26H,21-24H2,(H,37,39)(H,38,40). The minimum atomic E-state index is -0.246. The van der Waals surface area contributed by atoms with Gasteiger partial charge in [-0.1, -0.05) is 72.8 Å². The zero-order chi connectivity index (χ0) is 29.0. The first-order valence-electron chi connectivity index (χ1n) is 13.9. The average molecular weight is 557 g/mol. The Kier molecular flexibility index (Phi) is 9.61. The van der Waals surface area contributed by atoms with Gasteiger partial charge in [0.2, 0.25) is 0 Å². The molecule has 0 atom stereocenters. The second-order valence-corrected chi connectivity index (χ2v) is 9.71. The van der Waals surface area contributed by atoms with Crippen LogP contribution < -0.4 is 20.1 Å². The molecule has 0 aromatic heterocycles. The molecule has 5 aromatic carbocycles. The molecule has 5 rings (SSSR count). The molecule has 0 bridgehead atoms.